The first kappa shape index (κ1) is 14.0. The summed E-state index contributed by atoms with van der Waals surface area (Å²) in [5.74, 6) is 0.272. The van der Waals surface area contributed by atoms with E-state index in [4.69, 9.17) is 0 Å². The fourth-order valence-corrected chi connectivity index (χ4v) is 3.40. The number of hydrogen-bond donors (Lipinski definition) is 0. The van der Waals surface area contributed by atoms with Gasteiger partial charge in [0.25, 0.3) is 0 Å². The van der Waals surface area contributed by atoms with E-state index in [9.17, 15) is 17.7 Å². The SMILES string of the molecule is CC(C1CCCCC1)[PH](=O)OCC(F)(F)F. The quantitative estimate of drug-likeness (QED) is 0.712. The Morgan fingerprint density at radius 1 is 1.31 bits per heavy atom. The predicted octanol–water partition coefficient (Wildman–Crippen LogP) is 4.01. The first-order valence-corrected chi connectivity index (χ1v) is 7.03. The van der Waals surface area contributed by atoms with Crippen LogP contribution in [-0.4, -0.2) is 18.4 Å². The van der Waals surface area contributed by atoms with Crippen LogP contribution in [0.4, 0.5) is 13.2 Å². The Morgan fingerprint density at radius 2 is 1.88 bits per heavy atom. The normalized spacial score (nSPS) is 23.0. The van der Waals surface area contributed by atoms with E-state index in [1.807, 2.05) is 0 Å². The highest BCUT2D eigenvalue weighted by atomic mass is 31.1. The lowest BCUT2D eigenvalue weighted by Gasteiger charge is -2.27. The largest absolute Gasteiger partial charge is 0.412 e. The van der Waals surface area contributed by atoms with E-state index in [1.165, 1.54) is 6.42 Å². The molecule has 0 saturated heterocycles. The first-order chi connectivity index (χ1) is 7.40. The molecule has 0 aromatic heterocycles. The van der Waals surface area contributed by atoms with Crippen molar-refractivity contribution in [2.75, 3.05) is 6.61 Å². The van der Waals surface area contributed by atoms with Gasteiger partial charge >= 0.3 is 6.18 Å². The summed E-state index contributed by atoms with van der Waals surface area (Å²) in [5.41, 5.74) is -0.229. The van der Waals surface area contributed by atoms with Gasteiger partial charge in [0.2, 0.25) is 0 Å². The molecule has 0 radical (unpaired) electrons. The minimum atomic E-state index is -4.38. The van der Waals surface area contributed by atoms with Crippen molar-refractivity contribution in [1.29, 1.82) is 0 Å². The van der Waals surface area contributed by atoms with Crippen molar-refractivity contribution in [2.45, 2.75) is 50.9 Å². The molecule has 1 saturated carbocycles. The average Bonchev–Trinajstić information content (AvgIpc) is 2.25. The van der Waals surface area contributed by atoms with Crippen LogP contribution in [0, 0.1) is 5.92 Å². The van der Waals surface area contributed by atoms with Crippen molar-refractivity contribution in [3.8, 4) is 0 Å². The third-order valence-electron chi connectivity index (χ3n) is 3.11. The Balaban J connectivity index is 2.34. The number of alkyl halides is 3. The van der Waals surface area contributed by atoms with Crippen LogP contribution < -0.4 is 0 Å². The van der Waals surface area contributed by atoms with Gasteiger partial charge in [-0.05, 0) is 18.8 Å². The highest BCUT2D eigenvalue weighted by Crippen LogP contribution is 2.41. The van der Waals surface area contributed by atoms with E-state index in [1.54, 1.807) is 6.92 Å². The van der Waals surface area contributed by atoms with E-state index in [-0.39, 0.29) is 11.6 Å². The monoisotopic (exact) mass is 258 g/mol. The molecular weight excluding hydrogens is 240 g/mol. The summed E-state index contributed by atoms with van der Waals surface area (Å²) in [6.45, 7) is 0.357. The lowest BCUT2D eigenvalue weighted by Crippen LogP contribution is -2.20. The van der Waals surface area contributed by atoms with Crippen molar-refractivity contribution >= 4 is 8.03 Å². The molecule has 1 fully saturated rings. The minimum absolute atomic E-state index is 0.229. The molecule has 0 bridgehead atoms. The molecule has 0 aliphatic heterocycles. The molecule has 0 spiro atoms. The Morgan fingerprint density at radius 3 is 2.38 bits per heavy atom. The maximum Gasteiger partial charge on any atom is 0.412 e. The van der Waals surface area contributed by atoms with Gasteiger partial charge in [0, 0.05) is 5.66 Å². The van der Waals surface area contributed by atoms with E-state index in [0.717, 1.165) is 25.7 Å². The van der Waals surface area contributed by atoms with Gasteiger partial charge in [-0.3, -0.25) is 4.57 Å². The summed E-state index contributed by atoms with van der Waals surface area (Å²) in [5, 5.41) is 0. The highest BCUT2D eigenvalue weighted by Gasteiger charge is 2.31. The van der Waals surface area contributed by atoms with Crippen molar-refractivity contribution < 1.29 is 22.3 Å². The topological polar surface area (TPSA) is 26.3 Å². The van der Waals surface area contributed by atoms with Crippen LogP contribution in [0.1, 0.15) is 39.0 Å². The second-order valence-corrected chi connectivity index (χ2v) is 6.25. The molecule has 96 valence electrons. The van der Waals surface area contributed by atoms with Crippen molar-refractivity contribution in [3.63, 3.8) is 0 Å². The van der Waals surface area contributed by atoms with Crippen molar-refractivity contribution in [1.82, 2.24) is 0 Å². The zero-order chi connectivity index (χ0) is 12.2. The van der Waals surface area contributed by atoms with E-state index in [2.05, 4.69) is 4.52 Å². The lowest BCUT2D eigenvalue weighted by atomic mass is 9.87. The van der Waals surface area contributed by atoms with Gasteiger partial charge in [-0.25, -0.2) is 0 Å². The molecule has 2 atom stereocenters. The Hall–Kier alpha value is -0.0200. The lowest BCUT2D eigenvalue weighted by molar-refractivity contribution is -0.152. The molecule has 1 aliphatic carbocycles. The Labute approximate surface area is 94.4 Å². The van der Waals surface area contributed by atoms with Gasteiger partial charge in [0.05, 0.1) is 0 Å². The second-order valence-electron chi connectivity index (χ2n) is 4.41. The van der Waals surface area contributed by atoms with Gasteiger partial charge in [0.1, 0.15) is 6.61 Å². The highest BCUT2D eigenvalue weighted by molar-refractivity contribution is 7.40. The van der Waals surface area contributed by atoms with Crippen molar-refractivity contribution in [2.24, 2.45) is 5.92 Å². The molecule has 0 aromatic rings. The van der Waals surface area contributed by atoms with Crippen LogP contribution in [0.25, 0.3) is 0 Å². The summed E-state index contributed by atoms with van der Waals surface area (Å²) < 4.78 is 51.6. The molecule has 1 rings (SSSR count). The van der Waals surface area contributed by atoms with Crippen LogP contribution in [-0.2, 0) is 9.09 Å². The van der Waals surface area contributed by atoms with Crippen LogP contribution >= 0.6 is 8.03 Å². The molecule has 0 heterocycles. The maximum atomic E-state index is 11.9. The van der Waals surface area contributed by atoms with Crippen LogP contribution in [0.15, 0.2) is 0 Å². The zero-order valence-corrected chi connectivity index (χ0v) is 10.3. The van der Waals surface area contributed by atoms with Crippen molar-refractivity contribution in [3.05, 3.63) is 0 Å². The van der Waals surface area contributed by atoms with Crippen LogP contribution in [0.5, 0.6) is 0 Å². The smallest absolute Gasteiger partial charge is 0.321 e. The number of rotatable bonds is 4. The fraction of sp³-hybridized carbons (Fsp3) is 1.00. The summed E-state index contributed by atoms with van der Waals surface area (Å²) >= 11 is 0. The predicted molar refractivity (Wildman–Crippen MR) is 57.0 cm³/mol. The molecule has 0 amide bonds. The molecule has 2 unspecified atom stereocenters. The summed E-state index contributed by atoms with van der Waals surface area (Å²) in [6, 6.07) is 0. The minimum Gasteiger partial charge on any atom is -0.321 e. The van der Waals surface area contributed by atoms with E-state index in [0.29, 0.717) is 0 Å². The molecule has 2 nitrogen and oxygen atoms in total. The van der Waals surface area contributed by atoms with Crippen LogP contribution in [0.2, 0.25) is 0 Å². The zero-order valence-electron chi connectivity index (χ0n) is 9.35. The standard InChI is InChI=1S/C10H18F3O2P/c1-8(9-5-3-2-4-6-9)16(14)15-7-10(11,12)13/h8-9,16H,2-7H2,1H3. The number of hydrogen-bond acceptors (Lipinski definition) is 2. The average molecular weight is 258 g/mol. The summed E-state index contributed by atoms with van der Waals surface area (Å²) in [6.07, 6.45) is 0.896. The van der Waals surface area contributed by atoms with Gasteiger partial charge in [0.15, 0.2) is 8.03 Å². The van der Waals surface area contributed by atoms with E-state index >= 15 is 0 Å². The third-order valence-corrected chi connectivity index (χ3v) is 4.75. The molecule has 0 N–H and O–H groups in total. The molecule has 1 aliphatic rings. The summed E-state index contributed by atoms with van der Waals surface area (Å²) in [7, 11) is -2.57. The fourth-order valence-electron chi connectivity index (χ4n) is 2.11. The van der Waals surface area contributed by atoms with Gasteiger partial charge < -0.3 is 4.52 Å². The summed E-state index contributed by atoms with van der Waals surface area (Å²) in [4.78, 5) is 0. The first-order valence-electron chi connectivity index (χ1n) is 5.63. The molecule has 0 aromatic carbocycles. The maximum absolute atomic E-state index is 11.9. The van der Waals surface area contributed by atoms with Gasteiger partial charge in [-0.2, -0.15) is 13.2 Å². The van der Waals surface area contributed by atoms with Gasteiger partial charge in [-0.15, -0.1) is 0 Å². The molecular formula is C10H18F3O2P. The molecule has 16 heavy (non-hydrogen) atoms. The van der Waals surface area contributed by atoms with E-state index < -0.39 is 20.8 Å². The third kappa shape index (κ3) is 4.88. The molecule has 6 heteroatoms. The number of halogens is 3. The van der Waals surface area contributed by atoms with Gasteiger partial charge in [-0.1, -0.05) is 26.2 Å². The van der Waals surface area contributed by atoms with Crippen LogP contribution in [0.3, 0.4) is 0 Å². The second kappa shape index (κ2) is 6.06. The Kier molecular flexibility index (Phi) is 5.32. The Bertz CT molecular complexity index is 237.